The number of carbonyl (C=O) groups is 1. The van der Waals surface area contributed by atoms with Gasteiger partial charge < -0.3 is 4.74 Å². The number of ether oxygens (including phenoxy) is 1. The average Bonchev–Trinajstić information content (AvgIpc) is 2.82. The smallest absolute Gasteiger partial charge is 0.323 e. The lowest BCUT2D eigenvalue weighted by Crippen LogP contribution is -1.96. The van der Waals surface area contributed by atoms with Gasteiger partial charge in [-0.15, -0.1) is 0 Å². The second-order valence-corrected chi connectivity index (χ2v) is 5.94. The number of benzene rings is 1. The highest BCUT2D eigenvalue weighted by atomic mass is 79.9. The van der Waals surface area contributed by atoms with Gasteiger partial charge in [0.1, 0.15) is 6.61 Å². The molecule has 5 nitrogen and oxygen atoms in total. The van der Waals surface area contributed by atoms with Crippen molar-refractivity contribution < 1.29 is 14.5 Å². The summed E-state index contributed by atoms with van der Waals surface area (Å²) < 4.78 is 6.41. The molecular formula is C13H10BrNO4S. The van der Waals surface area contributed by atoms with E-state index in [2.05, 4.69) is 15.9 Å². The quantitative estimate of drug-likeness (QED) is 0.457. The fourth-order valence-corrected chi connectivity index (χ4v) is 2.63. The normalized spacial score (nSPS) is 10.3. The molecule has 7 heteroatoms. The largest absolute Gasteiger partial charge is 0.474 e. The number of hydrogen-bond donors (Lipinski definition) is 0. The number of rotatable bonds is 5. The van der Waals surface area contributed by atoms with Crippen molar-refractivity contribution in [1.29, 1.82) is 0 Å². The molecule has 0 aliphatic carbocycles. The monoisotopic (exact) mass is 355 g/mol. The Hall–Kier alpha value is -1.73. The zero-order valence-electron chi connectivity index (χ0n) is 10.5. The van der Waals surface area contributed by atoms with Gasteiger partial charge in [0, 0.05) is 10.5 Å². The molecule has 0 unspecified atom stereocenters. The van der Waals surface area contributed by atoms with E-state index in [1.165, 1.54) is 13.0 Å². The van der Waals surface area contributed by atoms with Crippen molar-refractivity contribution in [2.24, 2.45) is 0 Å². The van der Waals surface area contributed by atoms with E-state index in [4.69, 9.17) is 4.74 Å². The van der Waals surface area contributed by atoms with Crippen molar-refractivity contribution in [3.8, 4) is 5.06 Å². The van der Waals surface area contributed by atoms with Crippen LogP contribution in [0.15, 0.2) is 34.8 Å². The standard InChI is InChI=1S/C13H10BrNO4S/c1-8(16)12-6-11(15(17)18)13(20-12)19-7-9-2-4-10(14)5-3-9/h2-6H,7H2,1H3. The molecule has 0 radical (unpaired) electrons. The zero-order chi connectivity index (χ0) is 14.7. The third-order valence-corrected chi connectivity index (χ3v) is 4.17. The molecule has 1 aromatic carbocycles. The Kier molecular flexibility index (Phi) is 4.51. The lowest BCUT2D eigenvalue weighted by Gasteiger charge is -2.03. The van der Waals surface area contributed by atoms with Gasteiger partial charge in [-0.2, -0.15) is 0 Å². The Morgan fingerprint density at radius 1 is 1.40 bits per heavy atom. The summed E-state index contributed by atoms with van der Waals surface area (Å²) in [6.07, 6.45) is 0. The molecule has 2 rings (SSSR count). The first-order chi connectivity index (χ1) is 9.47. The van der Waals surface area contributed by atoms with Gasteiger partial charge in [0.05, 0.1) is 9.80 Å². The molecule has 2 aromatic rings. The summed E-state index contributed by atoms with van der Waals surface area (Å²) >= 11 is 4.32. The van der Waals surface area contributed by atoms with Crippen LogP contribution in [0.2, 0.25) is 0 Å². The third kappa shape index (κ3) is 3.43. The Morgan fingerprint density at radius 3 is 2.60 bits per heavy atom. The second-order valence-electron chi connectivity index (χ2n) is 4.01. The van der Waals surface area contributed by atoms with Gasteiger partial charge in [-0.1, -0.05) is 39.4 Å². The summed E-state index contributed by atoms with van der Waals surface area (Å²) in [5.74, 6) is -0.211. The maximum absolute atomic E-state index is 11.3. The van der Waals surface area contributed by atoms with Crippen LogP contribution in [0.25, 0.3) is 0 Å². The molecule has 0 aliphatic heterocycles. The van der Waals surface area contributed by atoms with E-state index in [1.54, 1.807) is 0 Å². The topological polar surface area (TPSA) is 69.4 Å². The molecule has 1 heterocycles. The van der Waals surface area contributed by atoms with E-state index < -0.39 is 4.92 Å². The van der Waals surface area contributed by atoms with Gasteiger partial charge >= 0.3 is 5.69 Å². The molecule has 0 saturated heterocycles. The van der Waals surface area contributed by atoms with Gasteiger partial charge in [0.2, 0.25) is 0 Å². The molecule has 0 fully saturated rings. The van der Waals surface area contributed by atoms with E-state index in [-0.39, 0.29) is 23.1 Å². The highest BCUT2D eigenvalue weighted by Gasteiger charge is 2.22. The summed E-state index contributed by atoms with van der Waals surface area (Å²) in [4.78, 5) is 22.0. The minimum absolute atomic E-state index is 0.156. The van der Waals surface area contributed by atoms with Gasteiger partial charge in [0.15, 0.2) is 5.78 Å². The van der Waals surface area contributed by atoms with Gasteiger partial charge in [-0.25, -0.2) is 0 Å². The highest BCUT2D eigenvalue weighted by molar-refractivity contribution is 9.10. The first kappa shape index (κ1) is 14.7. The molecule has 0 aliphatic rings. The van der Waals surface area contributed by atoms with Gasteiger partial charge in [0.25, 0.3) is 5.06 Å². The average molecular weight is 356 g/mol. The first-order valence-corrected chi connectivity index (χ1v) is 7.24. The van der Waals surface area contributed by atoms with Crippen LogP contribution in [0.5, 0.6) is 5.06 Å². The molecule has 20 heavy (non-hydrogen) atoms. The zero-order valence-corrected chi connectivity index (χ0v) is 12.9. The number of halogens is 1. The fourth-order valence-electron chi connectivity index (χ4n) is 1.50. The van der Waals surface area contributed by atoms with Crippen LogP contribution in [0.4, 0.5) is 5.69 Å². The number of nitro groups is 1. The Labute approximate surface area is 127 Å². The number of thiophene rings is 1. The predicted molar refractivity (Wildman–Crippen MR) is 79.5 cm³/mol. The third-order valence-electron chi connectivity index (χ3n) is 2.51. The first-order valence-electron chi connectivity index (χ1n) is 5.64. The van der Waals surface area contributed by atoms with E-state index in [9.17, 15) is 14.9 Å². The molecular weight excluding hydrogens is 346 g/mol. The van der Waals surface area contributed by atoms with Crippen molar-refractivity contribution in [2.75, 3.05) is 0 Å². The van der Waals surface area contributed by atoms with Crippen LogP contribution in [0.1, 0.15) is 22.2 Å². The Balaban J connectivity index is 2.17. The molecule has 0 spiro atoms. The highest BCUT2D eigenvalue weighted by Crippen LogP contribution is 2.37. The van der Waals surface area contributed by atoms with Crippen LogP contribution in [-0.4, -0.2) is 10.7 Å². The molecule has 0 saturated carbocycles. The van der Waals surface area contributed by atoms with Crippen molar-refractivity contribution in [2.45, 2.75) is 13.5 Å². The summed E-state index contributed by atoms with van der Waals surface area (Å²) in [7, 11) is 0. The van der Waals surface area contributed by atoms with Crippen molar-refractivity contribution in [3.63, 3.8) is 0 Å². The van der Waals surface area contributed by atoms with Gasteiger partial charge in [-0.3, -0.25) is 14.9 Å². The Morgan fingerprint density at radius 2 is 2.05 bits per heavy atom. The van der Waals surface area contributed by atoms with Crippen molar-refractivity contribution in [1.82, 2.24) is 0 Å². The SMILES string of the molecule is CC(=O)c1cc([N+](=O)[O-])c(OCc2ccc(Br)cc2)s1. The van der Waals surface area contributed by atoms with Crippen LogP contribution in [-0.2, 0) is 6.61 Å². The van der Waals surface area contributed by atoms with Crippen LogP contribution in [0, 0.1) is 10.1 Å². The molecule has 0 amide bonds. The lowest BCUT2D eigenvalue weighted by atomic mass is 10.2. The second kappa shape index (κ2) is 6.15. The number of hydrogen-bond acceptors (Lipinski definition) is 5. The number of carbonyl (C=O) groups excluding carboxylic acids is 1. The maximum atomic E-state index is 11.3. The predicted octanol–water partition coefficient (Wildman–Crippen LogP) is 4.20. The minimum Gasteiger partial charge on any atom is -0.474 e. The Bertz CT molecular complexity index is 651. The number of ketones is 1. The molecule has 1 aromatic heterocycles. The van der Waals surface area contributed by atoms with Crippen LogP contribution >= 0.6 is 27.3 Å². The van der Waals surface area contributed by atoms with E-state index in [0.29, 0.717) is 4.88 Å². The van der Waals surface area contributed by atoms with Gasteiger partial charge in [-0.05, 0) is 24.6 Å². The summed E-state index contributed by atoms with van der Waals surface area (Å²) in [5.41, 5.74) is 0.720. The van der Waals surface area contributed by atoms with E-state index in [1.807, 2.05) is 24.3 Å². The minimum atomic E-state index is -0.542. The number of Topliss-reactive ketones (excluding diaryl/α,β-unsaturated/α-hetero) is 1. The summed E-state index contributed by atoms with van der Waals surface area (Å²) in [6.45, 7) is 1.58. The summed E-state index contributed by atoms with van der Waals surface area (Å²) in [6, 6.07) is 8.69. The fraction of sp³-hybridized carbons (Fsp3) is 0.154. The van der Waals surface area contributed by atoms with E-state index in [0.717, 1.165) is 21.4 Å². The van der Waals surface area contributed by atoms with Crippen LogP contribution < -0.4 is 4.74 Å². The molecule has 0 atom stereocenters. The van der Waals surface area contributed by atoms with E-state index >= 15 is 0 Å². The summed E-state index contributed by atoms with van der Waals surface area (Å²) in [5, 5.41) is 11.1. The van der Waals surface area contributed by atoms with Crippen molar-refractivity contribution >= 4 is 38.7 Å². The van der Waals surface area contributed by atoms with Crippen LogP contribution in [0.3, 0.4) is 0 Å². The van der Waals surface area contributed by atoms with Crippen molar-refractivity contribution in [3.05, 3.63) is 55.4 Å². The molecule has 0 N–H and O–H groups in total. The molecule has 104 valence electrons. The molecule has 0 bridgehead atoms. The number of nitrogens with zero attached hydrogens (tertiary/aromatic N) is 1. The lowest BCUT2D eigenvalue weighted by molar-refractivity contribution is -0.385. The maximum Gasteiger partial charge on any atom is 0.323 e.